The molecule has 0 aromatic rings. The molecule has 0 N–H and O–H groups in total. The van der Waals surface area contributed by atoms with E-state index >= 15 is 0 Å². The van der Waals surface area contributed by atoms with Gasteiger partial charge in [0.2, 0.25) is 0 Å². The van der Waals surface area contributed by atoms with Crippen LogP contribution in [0.25, 0.3) is 0 Å². The predicted octanol–water partition coefficient (Wildman–Crippen LogP) is 5.09. The summed E-state index contributed by atoms with van der Waals surface area (Å²) >= 11 is 0. The Bertz CT molecular complexity index is 460. The molecule has 0 aliphatic carbocycles. The molecule has 142 valence electrons. The van der Waals surface area contributed by atoms with Crippen LogP contribution in [0, 0.1) is 0 Å². The van der Waals surface area contributed by atoms with E-state index in [-0.39, 0.29) is 13.1 Å². The van der Waals surface area contributed by atoms with E-state index in [0.717, 1.165) is 4.90 Å². The average molecular weight is 379 g/mol. The van der Waals surface area contributed by atoms with Gasteiger partial charge in [-0.2, -0.15) is 48.3 Å². The Morgan fingerprint density at radius 2 is 1.04 bits per heavy atom. The minimum atomic E-state index is -7.35. The maximum absolute atomic E-state index is 13.3. The summed E-state index contributed by atoms with van der Waals surface area (Å²) in [4.78, 5) is 1.05. The van der Waals surface area contributed by atoms with E-state index in [2.05, 4.69) is 0 Å². The normalized spacial score (nSPS) is 19.2. The third-order valence-electron chi connectivity index (χ3n) is 3.45. The van der Waals surface area contributed by atoms with E-state index < -0.39 is 35.9 Å². The molecule has 1 nitrogen and oxygen atoms in total. The smallest absolute Gasteiger partial charge is 0.377 e. The van der Waals surface area contributed by atoms with Crippen molar-refractivity contribution in [3.63, 3.8) is 0 Å². The van der Waals surface area contributed by atoms with Crippen LogP contribution in [0.4, 0.5) is 48.3 Å². The molecule has 0 bridgehead atoms. The minimum Gasteiger partial charge on any atom is -0.377 e. The highest BCUT2D eigenvalue weighted by molar-refractivity contribution is 5.13. The third-order valence-corrected chi connectivity index (χ3v) is 3.45. The highest BCUT2D eigenvalue weighted by Gasteiger charge is 2.86. The zero-order valence-corrected chi connectivity index (χ0v) is 11.8. The Labute approximate surface area is 129 Å². The number of piperidine rings is 1. The van der Waals surface area contributed by atoms with Crippen LogP contribution in [-0.2, 0) is 0 Å². The van der Waals surface area contributed by atoms with Crippen molar-refractivity contribution in [1.82, 2.24) is 4.90 Å². The molecule has 12 heteroatoms. The van der Waals surface area contributed by atoms with Crippen LogP contribution in [0.3, 0.4) is 0 Å². The first-order chi connectivity index (χ1) is 10.6. The molecular weight excluding hydrogens is 367 g/mol. The molecule has 0 atom stereocenters. The molecule has 0 radical (unpaired) electrons. The molecule has 1 aliphatic rings. The second-order valence-electron chi connectivity index (χ2n) is 5.26. The van der Waals surface area contributed by atoms with Crippen molar-refractivity contribution in [2.24, 2.45) is 0 Å². The van der Waals surface area contributed by atoms with E-state index in [9.17, 15) is 48.3 Å². The van der Waals surface area contributed by atoms with Gasteiger partial charge in [-0.3, -0.25) is 0 Å². The molecule has 0 unspecified atom stereocenters. The number of hydrogen-bond donors (Lipinski definition) is 0. The van der Waals surface area contributed by atoms with E-state index in [0.29, 0.717) is 25.5 Å². The van der Waals surface area contributed by atoms with Crippen molar-refractivity contribution in [1.29, 1.82) is 0 Å². The molecule has 1 heterocycles. The monoisotopic (exact) mass is 379 g/mol. The van der Waals surface area contributed by atoms with Crippen molar-refractivity contribution < 1.29 is 48.3 Å². The second kappa shape index (κ2) is 6.25. The summed E-state index contributed by atoms with van der Waals surface area (Å²) in [7, 11) is 0. The first-order valence-electron chi connectivity index (χ1n) is 6.59. The molecule has 0 saturated carbocycles. The van der Waals surface area contributed by atoms with Gasteiger partial charge in [-0.1, -0.05) is 0 Å². The number of hydrogen-bond acceptors (Lipinski definition) is 1. The topological polar surface area (TPSA) is 3.24 Å². The van der Waals surface area contributed by atoms with Crippen molar-refractivity contribution >= 4 is 0 Å². The van der Waals surface area contributed by atoms with Crippen LogP contribution in [0.5, 0.6) is 0 Å². The van der Waals surface area contributed by atoms with Crippen molar-refractivity contribution in [3.05, 3.63) is 12.3 Å². The third kappa shape index (κ3) is 3.41. The van der Waals surface area contributed by atoms with Crippen LogP contribution in [-0.4, -0.2) is 47.9 Å². The fraction of sp³-hybridized carbons (Fsp3) is 0.833. The summed E-state index contributed by atoms with van der Waals surface area (Å²) in [6, 6.07) is 0. The summed E-state index contributed by atoms with van der Waals surface area (Å²) in [6.45, 7) is 0.264. The van der Waals surface area contributed by atoms with Gasteiger partial charge < -0.3 is 4.90 Å². The standard InChI is InChI=1S/C12H12F11N/c13-8(14,4-7-24-5-2-1-3-6-24)9(15,16)10(17,18)11(19,20)12(21,22)23/h4,7H,1-3,5-6H2/b7-4+. The zero-order chi connectivity index (χ0) is 19.0. The van der Waals surface area contributed by atoms with Gasteiger partial charge in [0, 0.05) is 25.4 Å². The number of likely N-dealkylation sites (tertiary alicyclic amines) is 1. The van der Waals surface area contributed by atoms with Crippen molar-refractivity contribution in [2.45, 2.75) is 49.1 Å². The Morgan fingerprint density at radius 3 is 1.46 bits per heavy atom. The summed E-state index contributed by atoms with van der Waals surface area (Å²) < 4.78 is 140. The lowest BCUT2D eigenvalue weighted by Crippen LogP contribution is -2.66. The first kappa shape index (κ1) is 20.8. The molecule has 24 heavy (non-hydrogen) atoms. The van der Waals surface area contributed by atoms with Gasteiger partial charge in [0.15, 0.2) is 0 Å². The lowest BCUT2D eigenvalue weighted by Gasteiger charge is -2.36. The number of alkyl halides is 11. The van der Waals surface area contributed by atoms with Crippen LogP contribution >= 0.6 is 0 Å². The van der Waals surface area contributed by atoms with E-state index in [1.54, 1.807) is 0 Å². The predicted molar refractivity (Wildman–Crippen MR) is 60.4 cm³/mol. The molecule has 1 aliphatic heterocycles. The van der Waals surface area contributed by atoms with Gasteiger partial charge in [-0.15, -0.1) is 0 Å². The molecule has 0 aromatic heterocycles. The SMILES string of the molecule is FC(F)(F)C(F)(F)C(F)(F)C(F)(F)C(F)(F)/C=C/N1CCCCC1. The lowest BCUT2D eigenvalue weighted by atomic mass is 9.98. The van der Waals surface area contributed by atoms with Gasteiger partial charge in [0.1, 0.15) is 0 Å². The van der Waals surface area contributed by atoms with Crippen molar-refractivity contribution in [3.8, 4) is 0 Å². The van der Waals surface area contributed by atoms with Crippen LogP contribution in [0.2, 0.25) is 0 Å². The van der Waals surface area contributed by atoms with Crippen LogP contribution in [0.1, 0.15) is 19.3 Å². The molecular formula is C12H12F11N. The van der Waals surface area contributed by atoms with Crippen LogP contribution < -0.4 is 0 Å². The van der Waals surface area contributed by atoms with E-state index in [1.165, 1.54) is 0 Å². The fourth-order valence-electron chi connectivity index (χ4n) is 1.96. The number of nitrogens with zero attached hydrogens (tertiary/aromatic N) is 1. The highest BCUT2D eigenvalue weighted by atomic mass is 19.4. The average Bonchev–Trinajstić information content (AvgIpc) is 2.44. The van der Waals surface area contributed by atoms with Crippen molar-refractivity contribution in [2.75, 3.05) is 13.1 Å². The molecule has 1 fully saturated rings. The summed E-state index contributed by atoms with van der Waals surface area (Å²) in [5.74, 6) is -27.6. The molecule has 0 aromatic carbocycles. The van der Waals surface area contributed by atoms with Gasteiger partial charge in [-0.25, -0.2) is 0 Å². The maximum atomic E-state index is 13.3. The molecule has 0 spiro atoms. The minimum absolute atomic E-state index is 0.132. The Kier molecular flexibility index (Phi) is 5.42. The van der Waals surface area contributed by atoms with Gasteiger partial charge in [0.25, 0.3) is 0 Å². The first-order valence-corrected chi connectivity index (χ1v) is 6.59. The molecule has 1 saturated heterocycles. The summed E-state index contributed by atoms with van der Waals surface area (Å²) in [6.07, 6.45) is -5.91. The Morgan fingerprint density at radius 1 is 0.583 bits per heavy atom. The summed E-state index contributed by atoms with van der Waals surface area (Å²) in [5, 5.41) is 0. The van der Waals surface area contributed by atoms with Crippen LogP contribution in [0.15, 0.2) is 12.3 Å². The largest absolute Gasteiger partial charge is 0.460 e. The lowest BCUT2D eigenvalue weighted by molar-refractivity contribution is -0.417. The Hall–Kier alpha value is -1.23. The number of halogens is 11. The maximum Gasteiger partial charge on any atom is 0.460 e. The second-order valence-corrected chi connectivity index (χ2v) is 5.26. The number of allylic oxidation sites excluding steroid dienone is 1. The highest BCUT2D eigenvalue weighted by Crippen LogP contribution is 2.57. The Balaban J connectivity index is 3.12. The molecule has 1 rings (SSSR count). The summed E-state index contributed by atoms with van der Waals surface area (Å²) in [5.41, 5.74) is 0. The van der Waals surface area contributed by atoms with Gasteiger partial charge >= 0.3 is 29.9 Å². The quantitative estimate of drug-likeness (QED) is 0.602. The van der Waals surface area contributed by atoms with E-state index in [1.807, 2.05) is 0 Å². The zero-order valence-electron chi connectivity index (χ0n) is 11.8. The fourth-order valence-corrected chi connectivity index (χ4v) is 1.96. The molecule has 0 amide bonds. The van der Waals surface area contributed by atoms with Gasteiger partial charge in [0.05, 0.1) is 0 Å². The number of rotatable bonds is 5. The van der Waals surface area contributed by atoms with Gasteiger partial charge in [-0.05, 0) is 19.3 Å². The van der Waals surface area contributed by atoms with E-state index in [4.69, 9.17) is 0 Å².